The molecule has 8 aromatic carbocycles. The molecule has 3 nitrogen and oxygen atoms in total. The lowest BCUT2D eigenvalue weighted by atomic mass is 9.95. The number of anilines is 3. The average Bonchev–Trinajstić information content (AvgIpc) is 3.76. The summed E-state index contributed by atoms with van der Waals surface area (Å²) in [5, 5.41) is 5.67. The van der Waals surface area contributed by atoms with Gasteiger partial charge in [-0.25, -0.2) is 0 Å². The second-order valence-electron chi connectivity index (χ2n) is 12.2. The fourth-order valence-electron chi connectivity index (χ4n) is 7.16. The van der Waals surface area contributed by atoms with Gasteiger partial charge in [-0.05, 0) is 75.5 Å². The summed E-state index contributed by atoms with van der Waals surface area (Å²) < 4.78 is 47.5. The molecular weight excluding hydrogens is 599 g/mol. The van der Waals surface area contributed by atoms with Crippen LogP contribution in [0.4, 0.5) is 17.1 Å². The fourth-order valence-corrected chi connectivity index (χ4v) is 7.16. The van der Waals surface area contributed by atoms with Crippen LogP contribution < -0.4 is 4.90 Å². The summed E-state index contributed by atoms with van der Waals surface area (Å²) in [4.78, 5) is 2.19. The van der Waals surface area contributed by atoms with Crippen LogP contribution in [0.25, 0.3) is 76.9 Å². The highest BCUT2D eigenvalue weighted by Crippen LogP contribution is 2.46. The first-order chi connectivity index (χ1) is 25.9. The van der Waals surface area contributed by atoms with Gasteiger partial charge in [0, 0.05) is 33.3 Å². The summed E-state index contributed by atoms with van der Waals surface area (Å²) in [7, 11) is 0. The Morgan fingerprint density at radius 2 is 1.10 bits per heavy atom. The standard InChI is InChI=1S/C46H29NO2/c1-3-12-30(13-4-1)31-22-24-33(25-23-31)47(34-26-27-37-36-17-9-10-21-42(36)48-43(37)28-34)41-20-11-19-39-45-38-18-8-7-16-35(38)40(29-44(45)49-46(39)41)32-14-5-2-6-15-32/h1-29H/i5D,6D,14D,15D. The summed E-state index contributed by atoms with van der Waals surface area (Å²) in [6.07, 6.45) is 0. The van der Waals surface area contributed by atoms with Crippen LogP contribution >= 0.6 is 0 Å². The van der Waals surface area contributed by atoms with Gasteiger partial charge >= 0.3 is 0 Å². The van der Waals surface area contributed by atoms with Gasteiger partial charge in [-0.15, -0.1) is 0 Å². The third-order valence-corrected chi connectivity index (χ3v) is 9.39. The van der Waals surface area contributed by atoms with Crippen LogP contribution in [0, 0.1) is 0 Å². The molecule has 0 atom stereocenters. The Morgan fingerprint density at radius 3 is 1.94 bits per heavy atom. The zero-order chi connectivity index (χ0) is 35.8. The third kappa shape index (κ3) is 4.44. The average molecular weight is 632 g/mol. The van der Waals surface area contributed by atoms with E-state index in [1.165, 1.54) is 6.07 Å². The zero-order valence-electron chi connectivity index (χ0n) is 30.2. The lowest BCUT2D eigenvalue weighted by Crippen LogP contribution is -2.10. The second-order valence-corrected chi connectivity index (χ2v) is 12.2. The van der Waals surface area contributed by atoms with Crippen molar-refractivity contribution in [3.05, 3.63) is 176 Å². The van der Waals surface area contributed by atoms with Crippen LogP contribution in [0.5, 0.6) is 0 Å². The molecule has 3 heteroatoms. The molecule has 0 aliphatic heterocycles. The molecule has 10 aromatic rings. The minimum absolute atomic E-state index is 0.0848. The molecule has 0 unspecified atom stereocenters. The van der Waals surface area contributed by atoms with E-state index in [1.807, 2.05) is 72.8 Å². The van der Waals surface area contributed by atoms with E-state index in [0.29, 0.717) is 16.7 Å². The Hall–Kier alpha value is -6.58. The van der Waals surface area contributed by atoms with Crippen LogP contribution in [-0.4, -0.2) is 0 Å². The molecule has 0 saturated carbocycles. The summed E-state index contributed by atoms with van der Waals surface area (Å²) >= 11 is 0. The van der Waals surface area contributed by atoms with Crippen LogP contribution in [0.3, 0.4) is 0 Å². The Bertz CT molecular complexity index is 3030. The normalized spacial score (nSPS) is 12.8. The number of hydrogen-bond donors (Lipinski definition) is 0. The molecule has 49 heavy (non-hydrogen) atoms. The third-order valence-electron chi connectivity index (χ3n) is 9.39. The summed E-state index contributed by atoms with van der Waals surface area (Å²) in [6.45, 7) is 0. The van der Waals surface area contributed by atoms with Gasteiger partial charge in [-0.2, -0.15) is 0 Å². The minimum Gasteiger partial charge on any atom is -0.456 e. The molecule has 2 aromatic heterocycles. The van der Waals surface area contributed by atoms with Crippen LogP contribution in [0.1, 0.15) is 5.48 Å². The van der Waals surface area contributed by atoms with Crippen molar-refractivity contribution < 1.29 is 14.3 Å². The predicted octanol–water partition coefficient (Wildman–Crippen LogP) is 13.4. The topological polar surface area (TPSA) is 29.5 Å². The van der Waals surface area contributed by atoms with Crippen molar-refractivity contribution in [3.8, 4) is 22.3 Å². The SMILES string of the molecule is [2H]c1cc([2H])c([2H])c(-c2cc3oc4c(N(c5ccc(-c6ccccc6)cc5)c5ccc6c(c5)oc5ccccc56)cccc4c3c3ccccc23)c1[2H]. The van der Waals surface area contributed by atoms with Gasteiger partial charge in [0.1, 0.15) is 16.7 Å². The molecule has 0 aliphatic carbocycles. The van der Waals surface area contributed by atoms with Crippen molar-refractivity contribution in [2.24, 2.45) is 0 Å². The molecule has 0 bridgehead atoms. The number of furan rings is 2. The maximum atomic E-state index is 8.77. The molecular formula is C46H29NO2. The van der Waals surface area contributed by atoms with Crippen molar-refractivity contribution >= 4 is 71.7 Å². The Kier molecular flexibility index (Phi) is 5.32. The molecule has 10 rings (SSSR count). The first-order valence-corrected chi connectivity index (χ1v) is 16.3. The maximum Gasteiger partial charge on any atom is 0.159 e. The molecule has 0 amide bonds. The van der Waals surface area contributed by atoms with Crippen molar-refractivity contribution in [2.45, 2.75) is 0 Å². The largest absolute Gasteiger partial charge is 0.456 e. The Balaban J connectivity index is 1.23. The molecule has 0 aliphatic rings. The maximum absolute atomic E-state index is 8.77. The predicted molar refractivity (Wildman–Crippen MR) is 204 cm³/mol. The van der Waals surface area contributed by atoms with E-state index < -0.39 is 0 Å². The van der Waals surface area contributed by atoms with Gasteiger partial charge in [-0.1, -0.05) is 127 Å². The van der Waals surface area contributed by atoms with E-state index >= 15 is 0 Å². The smallest absolute Gasteiger partial charge is 0.159 e. The van der Waals surface area contributed by atoms with Crippen LogP contribution in [0.2, 0.25) is 0 Å². The Morgan fingerprint density at radius 1 is 0.429 bits per heavy atom. The lowest BCUT2D eigenvalue weighted by Gasteiger charge is -2.25. The highest BCUT2D eigenvalue weighted by Gasteiger charge is 2.22. The first kappa shape index (κ1) is 23.7. The number of benzene rings is 8. The molecule has 0 saturated heterocycles. The van der Waals surface area contributed by atoms with E-state index in [4.69, 9.17) is 14.3 Å². The van der Waals surface area contributed by atoms with Gasteiger partial charge < -0.3 is 13.7 Å². The molecule has 0 spiro atoms. The number of nitrogens with zero attached hydrogens (tertiary/aromatic N) is 1. The van der Waals surface area contributed by atoms with Gasteiger partial charge in [-0.3, -0.25) is 0 Å². The van der Waals surface area contributed by atoms with E-state index in [0.717, 1.165) is 71.7 Å². The van der Waals surface area contributed by atoms with Gasteiger partial charge in [0.15, 0.2) is 5.58 Å². The van der Waals surface area contributed by atoms with Gasteiger partial charge in [0.05, 0.1) is 16.9 Å². The molecule has 2 heterocycles. The monoisotopic (exact) mass is 631 g/mol. The summed E-state index contributed by atoms with van der Waals surface area (Å²) in [5.41, 5.74) is 8.64. The van der Waals surface area contributed by atoms with E-state index in [1.54, 1.807) is 0 Å². The molecule has 0 N–H and O–H groups in total. The van der Waals surface area contributed by atoms with Crippen molar-refractivity contribution in [3.63, 3.8) is 0 Å². The van der Waals surface area contributed by atoms with E-state index in [9.17, 15) is 0 Å². The van der Waals surface area contributed by atoms with Gasteiger partial charge in [0.25, 0.3) is 0 Å². The highest BCUT2D eigenvalue weighted by atomic mass is 16.3. The molecule has 230 valence electrons. The first-order valence-electron chi connectivity index (χ1n) is 18.3. The van der Waals surface area contributed by atoms with E-state index in [-0.39, 0.29) is 29.7 Å². The number of hydrogen-bond acceptors (Lipinski definition) is 3. The molecule has 0 fully saturated rings. The fraction of sp³-hybridized carbons (Fsp3) is 0. The minimum atomic E-state index is -0.0904. The van der Waals surface area contributed by atoms with Crippen LogP contribution in [-0.2, 0) is 0 Å². The summed E-state index contributed by atoms with van der Waals surface area (Å²) in [5.74, 6) is 0. The quantitative estimate of drug-likeness (QED) is 0.189. The lowest BCUT2D eigenvalue weighted by molar-refractivity contribution is 0.667. The second kappa shape index (κ2) is 11.0. The molecule has 0 radical (unpaired) electrons. The zero-order valence-corrected chi connectivity index (χ0v) is 26.2. The summed E-state index contributed by atoms with van der Waals surface area (Å²) in [6, 6.07) is 50.0. The van der Waals surface area contributed by atoms with Crippen LogP contribution in [0.15, 0.2) is 185 Å². The Labute approximate surface area is 288 Å². The van der Waals surface area contributed by atoms with Crippen molar-refractivity contribution in [1.82, 2.24) is 0 Å². The van der Waals surface area contributed by atoms with Crippen molar-refractivity contribution in [2.75, 3.05) is 4.90 Å². The van der Waals surface area contributed by atoms with Crippen molar-refractivity contribution in [1.29, 1.82) is 0 Å². The number of fused-ring (bicyclic) bond motifs is 8. The number of para-hydroxylation sites is 2. The van der Waals surface area contributed by atoms with E-state index in [2.05, 4.69) is 77.7 Å². The highest BCUT2D eigenvalue weighted by molar-refractivity contribution is 6.23. The van der Waals surface area contributed by atoms with Gasteiger partial charge in [0.2, 0.25) is 0 Å². The number of rotatable bonds is 5.